The van der Waals surface area contributed by atoms with Gasteiger partial charge in [-0.3, -0.25) is 4.79 Å². The number of esters is 1. The minimum atomic E-state index is -0.149. The molecule has 8 unspecified atom stereocenters. The van der Waals surface area contributed by atoms with Gasteiger partial charge in [0, 0.05) is 0 Å². The van der Waals surface area contributed by atoms with Crippen LogP contribution in [0.1, 0.15) is 19.8 Å². The number of carbonyl (C=O) groups is 1. The summed E-state index contributed by atoms with van der Waals surface area (Å²) in [6, 6.07) is 2.43. The summed E-state index contributed by atoms with van der Waals surface area (Å²) < 4.78 is 5.23. The number of nitriles is 1. The van der Waals surface area contributed by atoms with Crippen molar-refractivity contribution in [2.75, 3.05) is 6.61 Å². The molecule has 0 aliphatic heterocycles. The minimum absolute atomic E-state index is 0.0990. The van der Waals surface area contributed by atoms with Gasteiger partial charge in [-0.1, -0.05) is 12.2 Å². The molecule has 0 amide bonds. The van der Waals surface area contributed by atoms with E-state index >= 15 is 0 Å². The lowest BCUT2D eigenvalue weighted by Crippen LogP contribution is -2.40. The maximum atomic E-state index is 12.2. The minimum Gasteiger partial charge on any atom is -0.466 e. The molecular weight excluding hydrogens is 238 g/mol. The third-order valence-corrected chi connectivity index (χ3v) is 6.13. The zero-order chi connectivity index (χ0) is 13.1. The summed E-state index contributed by atoms with van der Waals surface area (Å²) in [4.78, 5) is 12.2. The third-order valence-electron chi connectivity index (χ3n) is 6.13. The SMILES string of the molecule is CCOC(=O)C1C(C#N)C2CC1C1C3C=CC(C3)C21. The summed E-state index contributed by atoms with van der Waals surface area (Å²) in [7, 11) is 0. The fraction of sp³-hybridized carbons (Fsp3) is 0.750. The zero-order valence-corrected chi connectivity index (χ0v) is 11.2. The van der Waals surface area contributed by atoms with E-state index in [1.807, 2.05) is 6.92 Å². The van der Waals surface area contributed by atoms with E-state index in [1.165, 1.54) is 6.42 Å². The van der Waals surface area contributed by atoms with E-state index in [4.69, 9.17) is 4.74 Å². The van der Waals surface area contributed by atoms with Crippen LogP contribution in [0, 0.1) is 58.7 Å². The lowest BCUT2D eigenvalue weighted by molar-refractivity contribution is -0.152. The second-order valence-corrected chi connectivity index (χ2v) is 6.60. The second kappa shape index (κ2) is 3.85. The molecule has 4 rings (SSSR count). The van der Waals surface area contributed by atoms with Crippen molar-refractivity contribution in [2.45, 2.75) is 19.8 Å². The van der Waals surface area contributed by atoms with Crippen LogP contribution in [-0.4, -0.2) is 12.6 Å². The average Bonchev–Trinajstić information content (AvgIpc) is 3.14. The number of hydrogen-bond acceptors (Lipinski definition) is 3. The van der Waals surface area contributed by atoms with E-state index in [0.29, 0.717) is 42.1 Å². The molecule has 4 aliphatic carbocycles. The van der Waals surface area contributed by atoms with Gasteiger partial charge in [0.2, 0.25) is 0 Å². The smallest absolute Gasteiger partial charge is 0.310 e. The van der Waals surface area contributed by atoms with Crippen molar-refractivity contribution in [1.82, 2.24) is 0 Å². The molecule has 19 heavy (non-hydrogen) atoms. The van der Waals surface area contributed by atoms with Gasteiger partial charge in [0.05, 0.1) is 24.5 Å². The summed E-state index contributed by atoms with van der Waals surface area (Å²) in [5, 5.41) is 9.49. The predicted octanol–water partition coefficient (Wildman–Crippen LogP) is 2.39. The molecule has 0 aromatic heterocycles. The number of hydrogen-bond donors (Lipinski definition) is 0. The Labute approximate surface area is 113 Å². The summed E-state index contributed by atoms with van der Waals surface area (Å²) in [5.74, 6) is 3.15. The molecule has 0 saturated heterocycles. The highest BCUT2D eigenvalue weighted by atomic mass is 16.5. The third kappa shape index (κ3) is 1.30. The van der Waals surface area contributed by atoms with E-state index < -0.39 is 0 Å². The van der Waals surface area contributed by atoms with Gasteiger partial charge >= 0.3 is 5.97 Å². The molecule has 0 aromatic rings. The van der Waals surface area contributed by atoms with E-state index in [9.17, 15) is 10.1 Å². The van der Waals surface area contributed by atoms with Crippen molar-refractivity contribution in [3.05, 3.63) is 12.2 Å². The lowest BCUT2D eigenvalue weighted by atomic mass is 9.65. The van der Waals surface area contributed by atoms with Crippen LogP contribution >= 0.6 is 0 Å². The number of allylic oxidation sites excluding steroid dienone is 2. The highest BCUT2D eigenvalue weighted by Crippen LogP contribution is 2.68. The van der Waals surface area contributed by atoms with Crippen molar-refractivity contribution in [2.24, 2.45) is 47.3 Å². The van der Waals surface area contributed by atoms with Crippen molar-refractivity contribution in [3.63, 3.8) is 0 Å². The summed E-state index contributed by atoms with van der Waals surface area (Å²) in [6.07, 6.45) is 7.05. The van der Waals surface area contributed by atoms with Gasteiger partial charge in [-0.05, 0) is 55.3 Å². The molecule has 3 fully saturated rings. The van der Waals surface area contributed by atoms with Crippen LogP contribution in [0.25, 0.3) is 0 Å². The Kier molecular flexibility index (Phi) is 2.33. The molecule has 0 radical (unpaired) electrons. The van der Waals surface area contributed by atoms with Crippen molar-refractivity contribution in [3.8, 4) is 6.07 Å². The van der Waals surface area contributed by atoms with Gasteiger partial charge in [-0.15, -0.1) is 0 Å². The molecule has 8 atom stereocenters. The highest BCUT2D eigenvalue weighted by molar-refractivity contribution is 5.74. The highest BCUT2D eigenvalue weighted by Gasteiger charge is 2.66. The molecule has 0 N–H and O–H groups in total. The largest absolute Gasteiger partial charge is 0.466 e. The molecule has 4 aliphatic rings. The quantitative estimate of drug-likeness (QED) is 0.433. The maximum absolute atomic E-state index is 12.2. The fourth-order valence-electron chi connectivity index (χ4n) is 5.77. The van der Waals surface area contributed by atoms with Crippen LogP contribution in [0.2, 0.25) is 0 Å². The molecule has 0 aromatic carbocycles. The van der Waals surface area contributed by atoms with Crippen LogP contribution in [-0.2, 0) is 9.53 Å². The normalized spacial score (nSPS) is 52.2. The van der Waals surface area contributed by atoms with Gasteiger partial charge in [-0.25, -0.2) is 0 Å². The maximum Gasteiger partial charge on any atom is 0.310 e. The Morgan fingerprint density at radius 3 is 2.58 bits per heavy atom. The number of rotatable bonds is 2. The molecule has 3 saturated carbocycles. The van der Waals surface area contributed by atoms with Crippen LogP contribution in [0.15, 0.2) is 12.2 Å². The number of carbonyl (C=O) groups excluding carboxylic acids is 1. The first-order chi connectivity index (χ1) is 9.26. The summed E-state index contributed by atoms with van der Waals surface area (Å²) in [6.45, 7) is 2.26. The molecular formula is C16H19NO2. The van der Waals surface area contributed by atoms with Gasteiger partial charge in [0.25, 0.3) is 0 Å². The van der Waals surface area contributed by atoms with Gasteiger partial charge < -0.3 is 4.74 Å². The first-order valence-electron chi connectivity index (χ1n) is 7.50. The van der Waals surface area contributed by atoms with Crippen molar-refractivity contribution in [1.29, 1.82) is 5.26 Å². The van der Waals surface area contributed by atoms with E-state index in [2.05, 4.69) is 18.2 Å². The van der Waals surface area contributed by atoms with Crippen molar-refractivity contribution >= 4 is 5.97 Å². The van der Waals surface area contributed by atoms with Crippen molar-refractivity contribution < 1.29 is 9.53 Å². The number of ether oxygens (including phenoxy) is 1. The number of fused-ring (bicyclic) bond motifs is 9. The second-order valence-electron chi connectivity index (χ2n) is 6.60. The molecule has 0 spiro atoms. The number of nitrogens with zero attached hydrogens (tertiary/aromatic N) is 1. The van der Waals surface area contributed by atoms with Crippen LogP contribution in [0.3, 0.4) is 0 Å². The van der Waals surface area contributed by atoms with Gasteiger partial charge in [-0.2, -0.15) is 5.26 Å². The Morgan fingerprint density at radius 2 is 1.95 bits per heavy atom. The Bertz CT molecular complexity index is 491. The molecule has 100 valence electrons. The van der Waals surface area contributed by atoms with E-state index in [1.54, 1.807) is 0 Å². The fourth-order valence-corrected chi connectivity index (χ4v) is 5.77. The Morgan fingerprint density at radius 1 is 1.26 bits per heavy atom. The lowest BCUT2D eigenvalue weighted by Gasteiger charge is -2.38. The van der Waals surface area contributed by atoms with E-state index in [-0.39, 0.29) is 17.8 Å². The molecule has 4 bridgehead atoms. The Balaban J connectivity index is 1.67. The first kappa shape index (κ1) is 11.5. The topological polar surface area (TPSA) is 50.1 Å². The first-order valence-corrected chi connectivity index (χ1v) is 7.50. The van der Waals surface area contributed by atoms with Crippen LogP contribution < -0.4 is 0 Å². The van der Waals surface area contributed by atoms with E-state index in [0.717, 1.165) is 6.42 Å². The standard InChI is InChI=1S/C16H19NO2/c1-2-19-16(18)15-11-6-10(12(15)7-17)13-8-3-4-9(5-8)14(11)13/h3-4,8-15H,2,5-6H2,1H3. The average molecular weight is 257 g/mol. The Hall–Kier alpha value is -1.30. The summed E-state index contributed by atoms with van der Waals surface area (Å²) in [5.41, 5.74) is 0. The zero-order valence-electron chi connectivity index (χ0n) is 11.2. The van der Waals surface area contributed by atoms with Gasteiger partial charge in [0.15, 0.2) is 0 Å². The van der Waals surface area contributed by atoms with Gasteiger partial charge in [0.1, 0.15) is 0 Å². The predicted molar refractivity (Wildman–Crippen MR) is 68.5 cm³/mol. The molecule has 3 nitrogen and oxygen atoms in total. The molecule has 3 heteroatoms. The summed E-state index contributed by atoms with van der Waals surface area (Å²) >= 11 is 0. The monoisotopic (exact) mass is 257 g/mol. The molecule has 0 heterocycles. The van der Waals surface area contributed by atoms with Crippen LogP contribution in [0.5, 0.6) is 0 Å². The van der Waals surface area contributed by atoms with Crippen LogP contribution in [0.4, 0.5) is 0 Å².